The van der Waals surface area contributed by atoms with Crippen molar-refractivity contribution >= 4 is 23.2 Å². The Morgan fingerprint density at radius 3 is 2.50 bits per heavy atom. The number of anilines is 1. The van der Waals surface area contributed by atoms with E-state index in [1.54, 1.807) is 22.9 Å². The molecule has 94 valence electrons. The van der Waals surface area contributed by atoms with E-state index in [9.17, 15) is 4.79 Å². The molecule has 0 aliphatic carbocycles. The molecule has 2 rings (SSSR count). The zero-order valence-corrected chi connectivity index (χ0v) is 10.8. The molecule has 0 bridgehead atoms. The lowest BCUT2D eigenvalue weighted by molar-refractivity contribution is 0.100. The minimum absolute atomic E-state index is 0.287. The number of primary amides is 1. The molecule has 0 unspecified atom stereocenters. The number of hydrogen-bond acceptors (Lipinski definition) is 3. The molecule has 4 N–H and O–H groups in total. The number of hydrogen-bond donors (Lipinski definition) is 2. The molecular weight excluding hydrogens is 252 g/mol. The molecule has 1 heterocycles. The summed E-state index contributed by atoms with van der Waals surface area (Å²) < 4.78 is 1.68. The number of nitrogen functional groups attached to an aromatic ring is 1. The van der Waals surface area contributed by atoms with Gasteiger partial charge in [0.25, 0.3) is 0 Å². The van der Waals surface area contributed by atoms with Crippen molar-refractivity contribution in [2.75, 3.05) is 5.73 Å². The van der Waals surface area contributed by atoms with Gasteiger partial charge in [-0.25, -0.2) is 4.68 Å². The Balaban J connectivity index is 2.55. The Kier molecular flexibility index (Phi) is 3.00. The maximum Gasteiger partial charge on any atom is 0.250 e. The molecule has 0 spiro atoms. The van der Waals surface area contributed by atoms with Gasteiger partial charge in [0.2, 0.25) is 5.91 Å². The van der Waals surface area contributed by atoms with Gasteiger partial charge >= 0.3 is 0 Å². The van der Waals surface area contributed by atoms with Gasteiger partial charge in [0.15, 0.2) is 0 Å². The Bertz CT molecular complexity index is 633. The van der Waals surface area contributed by atoms with Crippen molar-refractivity contribution in [1.29, 1.82) is 0 Å². The summed E-state index contributed by atoms with van der Waals surface area (Å²) in [6.45, 7) is 3.70. The molecule has 0 saturated heterocycles. The number of carbonyl (C=O) groups is 1. The second-order valence-corrected chi connectivity index (χ2v) is 4.43. The van der Waals surface area contributed by atoms with Gasteiger partial charge in [0.05, 0.1) is 33.3 Å². The molecule has 0 aliphatic heterocycles. The zero-order chi connectivity index (χ0) is 13.4. The predicted molar refractivity (Wildman–Crippen MR) is 71.0 cm³/mol. The SMILES string of the molecule is Cc1nn(-c2ccc(C(N)=O)c(Cl)c2)c(C)c1N. The number of rotatable bonds is 2. The lowest BCUT2D eigenvalue weighted by Gasteiger charge is -2.07. The van der Waals surface area contributed by atoms with E-state index in [4.69, 9.17) is 23.1 Å². The van der Waals surface area contributed by atoms with E-state index >= 15 is 0 Å². The van der Waals surface area contributed by atoms with Crippen LogP contribution in [0.2, 0.25) is 5.02 Å². The lowest BCUT2D eigenvalue weighted by atomic mass is 10.2. The van der Waals surface area contributed by atoms with Crippen LogP contribution in [0.4, 0.5) is 5.69 Å². The highest BCUT2D eigenvalue weighted by Gasteiger charge is 2.12. The van der Waals surface area contributed by atoms with E-state index < -0.39 is 5.91 Å². The first kappa shape index (κ1) is 12.4. The van der Waals surface area contributed by atoms with Crippen LogP contribution in [-0.4, -0.2) is 15.7 Å². The summed E-state index contributed by atoms with van der Waals surface area (Å²) in [6, 6.07) is 4.94. The van der Waals surface area contributed by atoms with E-state index in [1.807, 2.05) is 13.8 Å². The van der Waals surface area contributed by atoms with Gasteiger partial charge in [0, 0.05) is 0 Å². The van der Waals surface area contributed by atoms with Gasteiger partial charge in [-0.15, -0.1) is 0 Å². The first-order valence-corrected chi connectivity index (χ1v) is 5.71. The maximum absolute atomic E-state index is 11.1. The third-order valence-electron chi connectivity index (χ3n) is 2.81. The van der Waals surface area contributed by atoms with Crippen LogP contribution in [0.3, 0.4) is 0 Å². The van der Waals surface area contributed by atoms with Crippen LogP contribution in [0.15, 0.2) is 18.2 Å². The molecule has 6 heteroatoms. The Morgan fingerprint density at radius 2 is 2.06 bits per heavy atom. The average Bonchev–Trinajstić information content (AvgIpc) is 2.56. The average molecular weight is 265 g/mol. The molecule has 0 fully saturated rings. The molecule has 5 nitrogen and oxygen atoms in total. The number of benzene rings is 1. The van der Waals surface area contributed by atoms with E-state index in [-0.39, 0.29) is 5.56 Å². The van der Waals surface area contributed by atoms with E-state index in [2.05, 4.69) is 5.10 Å². The van der Waals surface area contributed by atoms with Crippen LogP contribution in [0.25, 0.3) is 5.69 Å². The van der Waals surface area contributed by atoms with Crippen molar-refractivity contribution in [3.8, 4) is 5.69 Å². The summed E-state index contributed by atoms with van der Waals surface area (Å²) in [7, 11) is 0. The summed E-state index contributed by atoms with van der Waals surface area (Å²) in [6.07, 6.45) is 0. The molecule has 1 amide bonds. The van der Waals surface area contributed by atoms with Crippen molar-refractivity contribution in [2.45, 2.75) is 13.8 Å². The summed E-state index contributed by atoms with van der Waals surface area (Å²) in [5, 5.41) is 4.61. The Labute approximate surface area is 109 Å². The third-order valence-corrected chi connectivity index (χ3v) is 3.12. The molecule has 0 radical (unpaired) electrons. The number of nitrogens with two attached hydrogens (primary N) is 2. The summed E-state index contributed by atoms with van der Waals surface area (Å²) in [4.78, 5) is 11.1. The third kappa shape index (κ3) is 1.93. The van der Waals surface area contributed by atoms with Crippen molar-refractivity contribution in [3.05, 3.63) is 40.2 Å². The van der Waals surface area contributed by atoms with Gasteiger partial charge in [-0.05, 0) is 32.0 Å². The number of aromatic nitrogens is 2. The number of amides is 1. The number of nitrogens with zero attached hydrogens (tertiary/aromatic N) is 2. The van der Waals surface area contributed by atoms with Gasteiger partial charge in [-0.1, -0.05) is 11.6 Å². The molecular formula is C12H13ClN4O. The minimum atomic E-state index is -0.556. The second-order valence-electron chi connectivity index (χ2n) is 4.02. The monoisotopic (exact) mass is 264 g/mol. The van der Waals surface area contributed by atoms with Crippen LogP contribution >= 0.6 is 11.6 Å². The molecule has 18 heavy (non-hydrogen) atoms. The molecule has 1 aromatic carbocycles. The van der Waals surface area contributed by atoms with Gasteiger partial charge in [-0.2, -0.15) is 5.10 Å². The Morgan fingerprint density at radius 1 is 1.39 bits per heavy atom. The standard InChI is InChI=1S/C12H13ClN4O/c1-6-11(14)7(2)17(16-6)8-3-4-9(12(15)18)10(13)5-8/h3-5H,14H2,1-2H3,(H2,15,18). The van der Waals surface area contributed by atoms with Crippen molar-refractivity contribution in [2.24, 2.45) is 5.73 Å². The Hall–Kier alpha value is -2.01. The highest BCUT2D eigenvalue weighted by atomic mass is 35.5. The van der Waals surface area contributed by atoms with Crippen molar-refractivity contribution < 1.29 is 4.79 Å². The molecule has 1 aromatic heterocycles. The molecule has 0 aliphatic rings. The topological polar surface area (TPSA) is 86.9 Å². The van der Waals surface area contributed by atoms with E-state index in [0.717, 1.165) is 17.1 Å². The quantitative estimate of drug-likeness (QED) is 0.867. The minimum Gasteiger partial charge on any atom is -0.396 e. The second kappa shape index (κ2) is 4.34. The normalized spacial score (nSPS) is 10.6. The maximum atomic E-state index is 11.1. The van der Waals surface area contributed by atoms with Crippen LogP contribution in [-0.2, 0) is 0 Å². The largest absolute Gasteiger partial charge is 0.396 e. The fourth-order valence-corrected chi connectivity index (χ4v) is 2.01. The van der Waals surface area contributed by atoms with Crippen LogP contribution in [0.5, 0.6) is 0 Å². The van der Waals surface area contributed by atoms with Crippen molar-refractivity contribution in [1.82, 2.24) is 9.78 Å². The lowest BCUT2D eigenvalue weighted by Crippen LogP contribution is -2.12. The first-order valence-electron chi connectivity index (χ1n) is 5.33. The van der Waals surface area contributed by atoms with Crippen LogP contribution in [0.1, 0.15) is 21.7 Å². The highest BCUT2D eigenvalue weighted by molar-refractivity contribution is 6.34. The number of aryl methyl sites for hydroxylation is 1. The fourth-order valence-electron chi connectivity index (χ4n) is 1.74. The summed E-state index contributed by atoms with van der Waals surface area (Å²) in [5.41, 5.74) is 14.3. The molecule has 0 atom stereocenters. The smallest absolute Gasteiger partial charge is 0.250 e. The molecule has 0 saturated carbocycles. The highest BCUT2D eigenvalue weighted by Crippen LogP contribution is 2.23. The van der Waals surface area contributed by atoms with Crippen LogP contribution in [0, 0.1) is 13.8 Å². The van der Waals surface area contributed by atoms with Gasteiger partial charge in [-0.3, -0.25) is 4.79 Å². The van der Waals surface area contributed by atoms with Crippen LogP contribution < -0.4 is 11.5 Å². The first-order chi connectivity index (χ1) is 8.41. The van der Waals surface area contributed by atoms with E-state index in [0.29, 0.717) is 10.7 Å². The number of carbonyl (C=O) groups excluding carboxylic acids is 1. The fraction of sp³-hybridized carbons (Fsp3) is 0.167. The number of halogens is 1. The van der Waals surface area contributed by atoms with Gasteiger partial charge in [0.1, 0.15) is 0 Å². The zero-order valence-electron chi connectivity index (χ0n) is 10.1. The molecule has 2 aromatic rings. The van der Waals surface area contributed by atoms with E-state index in [1.165, 1.54) is 0 Å². The predicted octanol–water partition coefficient (Wildman–Crippen LogP) is 1.82. The van der Waals surface area contributed by atoms with Crippen molar-refractivity contribution in [3.63, 3.8) is 0 Å². The summed E-state index contributed by atoms with van der Waals surface area (Å²) in [5.74, 6) is -0.556. The summed E-state index contributed by atoms with van der Waals surface area (Å²) >= 11 is 6.00. The van der Waals surface area contributed by atoms with Gasteiger partial charge < -0.3 is 11.5 Å².